The third kappa shape index (κ3) is 3.36. The molecule has 0 radical (unpaired) electrons. The van der Waals surface area contributed by atoms with Gasteiger partial charge in [-0.1, -0.05) is 79.9 Å². The van der Waals surface area contributed by atoms with Crippen molar-refractivity contribution in [2.24, 2.45) is 11.7 Å². The quantitative estimate of drug-likeness (QED) is 0.860. The predicted molar refractivity (Wildman–Crippen MR) is 89.3 cm³/mol. The molecule has 2 N–H and O–H groups in total. The van der Waals surface area contributed by atoms with Crippen molar-refractivity contribution >= 4 is 0 Å². The molecule has 0 bridgehead atoms. The van der Waals surface area contributed by atoms with E-state index in [1.807, 2.05) is 0 Å². The average molecular weight is 279 g/mol. The summed E-state index contributed by atoms with van der Waals surface area (Å²) in [6.07, 6.45) is 6.64. The molecule has 21 heavy (non-hydrogen) atoms. The van der Waals surface area contributed by atoms with Gasteiger partial charge in [0.1, 0.15) is 0 Å². The lowest BCUT2D eigenvalue weighted by molar-refractivity contribution is 0.289. The second-order valence-electron chi connectivity index (χ2n) is 6.27. The van der Waals surface area contributed by atoms with Gasteiger partial charge in [0, 0.05) is 12.0 Å². The van der Waals surface area contributed by atoms with Crippen molar-refractivity contribution in [3.05, 3.63) is 71.8 Å². The lowest BCUT2D eigenvalue weighted by atomic mass is 9.74. The van der Waals surface area contributed by atoms with E-state index in [-0.39, 0.29) is 6.04 Å². The summed E-state index contributed by atoms with van der Waals surface area (Å²) in [4.78, 5) is 0. The molecule has 1 aliphatic carbocycles. The van der Waals surface area contributed by atoms with Crippen LogP contribution < -0.4 is 5.73 Å². The second kappa shape index (κ2) is 6.91. The fraction of sp³-hybridized carbons (Fsp3) is 0.400. The van der Waals surface area contributed by atoms with E-state index in [1.54, 1.807) is 0 Å². The molecule has 0 amide bonds. The lowest BCUT2D eigenvalue weighted by Crippen LogP contribution is -2.37. The number of benzene rings is 2. The SMILES string of the molecule is NC(C1CCCCC1)C(c1ccccc1)c1ccccc1. The first-order valence-corrected chi connectivity index (χ1v) is 8.22. The van der Waals surface area contributed by atoms with Crippen molar-refractivity contribution < 1.29 is 0 Å². The van der Waals surface area contributed by atoms with Crippen LogP contribution in [0.4, 0.5) is 0 Å². The summed E-state index contributed by atoms with van der Waals surface area (Å²) >= 11 is 0. The number of hydrogen-bond acceptors (Lipinski definition) is 1. The second-order valence-corrected chi connectivity index (χ2v) is 6.27. The Kier molecular flexibility index (Phi) is 4.72. The standard InChI is InChI=1S/C20H25N/c21-20(18-14-8-3-9-15-18)19(16-10-4-1-5-11-16)17-12-6-2-7-13-17/h1-2,4-7,10-13,18-20H,3,8-9,14-15,21H2. The Labute approximate surface area is 128 Å². The normalized spacial score (nSPS) is 17.8. The van der Waals surface area contributed by atoms with Crippen molar-refractivity contribution in [3.63, 3.8) is 0 Å². The zero-order valence-electron chi connectivity index (χ0n) is 12.6. The molecule has 110 valence electrons. The maximum atomic E-state index is 6.76. The zero-order valence-corrected chi connectivity index (χ0v) is 12.6. The minimum atomic E-state index is 0.218. The fourth-order valence-electron chi connectivity index (χ4n) is 3.75. The van der Waals surface area contributed by atoms with Gasteiger partial charge in [-0.25, -0.2) is 0 Å². The van der Waals surface area contributed by atoms with Crippen molar-refractivity contribution in [2.75, 3.05) is 0 Å². The van der Waals surface area contributed by atoms with Crippen LogP contribution in [0.3, 0.4) is 0 Å². The molecule has 2 aromatic carbocycles. The van der Waals surface area contributed by atoms with E-state index < -0.39 is 0 Å². The largest absolute Gasteiger partial charge is 0.327 e. The molecule has 0 heterocycles. The van der Waals surface area contributed by atoms with Crippen LogP contribution in [0, 0.1) is 5.92 Å². The maximum Gasteiger partial charge on any atom is 0.0243 e. The molecule has 1 nitrogen and oxygen atoms in total. The molecule has 0 spiro atoms. The van der Waals surface area contributed by atoms with Gasteiger partial charge in [-0.05, 0) is 29.9 Å². The van der Waals surface area contributed by atoms with Gasteiger partial charge < -0.3 is 5.73 Å². The molecular formula is C20H25N. The summed E-state index contributed by atoms with van der Waals surface area (Å²) in [7, 11) is 0. The average Bonchev–Trinajstić information content (AvgIpc) is 2.58. The van der Waals surface area contributed by atoms with Crippen molar-refractivity contribution in [1.29, 1.82) is 0 Å². The van der Waals surface area contributed by atoms with Gasteiger partial charge in [-0.3, -0.25) is 0 Å². The van der Waals surface area contributed by atoms with E-state index in [2.05, 4.69) is 60.7 Å². The molecule has 1 heteroatoms. The van der Waals surface area contributed by atoms with E-state index in [4.69, 9.17) is 5.73 Å². The molecule has 0 aromatic heterocycles. The summed E-state index contributed by atoms with van der Waals surface area (Å²) in [6.45, 7) is 0. The van der Waals surface area contributed by atoms with E-state index in [0.29, 0.717) is 11.8 Å². The molecule has 1 saturated carbocycles. The number of hydrogen-bond donors (Lipinski definition) is 1. The highest BCUT2D eigenvalue weighted by Crippen LogP contribution is 2.36. The molecule has 1 aliphatic rings. The van der Waals surface area contributed by atoms with Crippen molar-refractivity contribution in [1.82, 2.24) is 0 Å². The van der Waals surface area contributed by atoms with Gasteiger partial charge in [0.05, 0.1) is 0 Å². The summed E-state index contributed by atoms with van der Waals surface area (Å²) in [5.74, 6) is 0.972. The Morgan fingerprint density at radius 1 is 0.714 bits per heavy atom. The van der Waals surface area contributed by atoms with Gasteiger partial charge in [0.15, 0.2) is 0 Å². The highest BCUT2D eigenvalue weighted by Gasteiger charge is 2.29. The molecule has 1 unspecified atom stereocenters. The van der Waals surface area contributed by atoms with Crippen LogP contribution in [0.1, 0.15) is 49.1 Å². The molecule has 0 aliphatic heterocycles. The third-order valence-electron chi connectivity index (χ3n) is 4.90. The lowest BCUT2D eigenvalue weighted by Gasteiger charge is -2.34. The Morgan fingerprint density at radius 3 is 1.67 bits per heavy atom. The van der Waals surface area contributed by atoms with Crippen LogP contribution in [0.25, 0.3) is 0 Å². The van der Waals surface area contributed by atoms with E-state index in [1.165, 1.54) is 43.2 Å². The molecule has 0 saturated heterocycles. The van der Waals surface area contributed by atoms with Gasteiger partial charge in [0.2, 0.25) is 0 Å². The molecule has 3 rings (SSSR count). The minimum absolute atomic E-state index is 0.218. The Balaban J connectivity index is 1.92. The summed E-state index contributed by atoms with van der Waals surface area (Å²) < 4.78 is 0. The number of rotatable bonds is 4. The Hall–Kier alpha value is -1.60. The van der Waals surface area contributed by atoms with Crippen LogP contribution in [0.15, 0.2) is 60.7 Å². The first kappa shape index (κ1) is 14.3. The zero-order chi connectivity index (χ0) is 14.5. The number of nitrogens with two attached hydrogens (primary N) is 1. The summed E-state index contributed by atoms with van der Waals surface area (Å²) in [5, 5.41) is 0. The van der Waals surface area contributed by atoms with E-state index >= 15 is 0 Å². The first-order valence-electron chi connectivity index (χ1n) is 8.22. The predicted octanol–water partition coefficient (Wildman–Crippen LogP) is 4.73. The third-order valence-corrected chi connectivity index (χ3v) is 4.90. The first-order chi connectivity index (χ1) is 10.4. The van der Waals surface area contributed by atoms with Crippen LogP contribution in [0.5, 0.6) is 0 Å². The van der Waals surface area contributed by atoms with E-state index in [9.17, 15) is 0 Å². The van der Waals surface area contributed by atoms with Gasteiger partial charge in [-0.2, -0.15) is 0 Å². The Bertz CT molecular complexity index is 489. The molecule has 2 aromatic rings. The summed E-state index contributed by atoms with van der Waals surface area (Å²) in [5.41, 5.74) is 9.45. The monoisotopic (exact) mass is 279 g/mol. The van der Waals surface area contributed by atoms with Gasteiger partial charge in [-0.15, -0.1) is 0 Å². The topological polar surface area (TPSA) is 26.0 Å². The van der Waals surface area contributed by atoms with Crippen molar-refractivity contribution in [3.8, 4) is 0 Å². The molecular weight excluding hydrogens is 254 g/mol. The highest BCUT2D eigenvalue weighted by atomic mass is 14.7. The Morgan fingerprint density at radius 2 is 1.19 bits per heavy atom. The minimum Gasteiger partial charge on any atom is -0.327 e. The van der Waals surface area contributed by atoms with Crippen LogP contribution in [-0.2, 0) is 0 Å². The van der Waals surface area contributed by atoms with Crippen LogP contribution in [-0.4, -0.2) is 6.04 Å². The van der Waals surface area contributed by atoms with E-state index in [0.717, 1.165) is 0 Å². The van der Waals surface area contributed by atoms with Gasteiger partial charge >= 0.3 is 0 Å². The van der Waals surface area contributed by atoms with Crippen molar-refractivity contribution in [2.45, 2.75) is 44.1 Å². The molecule has 1 atom stereocenters. The highest BCUT2D eigenvalue weighted by molar-refractivity contribution is 5.34. The van der Waals surface area contributed by atoms with Gasteiger partial charge in [0.25, 0.3) is 0 Å². The summed E-state index contributed by atoms with van der Waals surface area (Å²) in [6, 6.07) is 21.8. The van der Waals surface area contributed by atoms with Crippen LogP contribution >= 0.6 is 0 Å². The maximum absolute atomic E-state index is 6.76. The fourth-order valence-corrected chi connectivity index (χ4v) is 3.75. The van der Waals surface area contributed by atoms with Crippen LogP contribution in [0.2, 0.25) is 0 Å². The molecule has 1 fully saturated rings. The smallest absolute Gasteiger partial charge is 0.0243 e.